The van der Waals surface area contributed by atoms with Gasteiger partial charge < -0.3 is 4.74 Å². The predicted molar refractivity (Wildman–Crippen MR) is 77.6 cm³/mol. The van der Waals surface area contributed by atoms with Crippen molar-refractivity contribution < 1.29 is 14.5 Å². The van der Waals surface area contributed by atoms with E-state index in [2.05, 4.69) is 9.97 Å². The van der Waals surface area contributed by atoms with E-state index in [1.54, 1.807) is 24.3 Å². The van der Waals surface area contributed by atoms with Crippen molar-refractivity contribution in [2.75, 3.05) is 0 Å². The van der Waals surface area contributed by atoms with Crippen LogP contribution in [0.1, 0.15) is 10.4 Å². The number of benzene rings is 1. The first-order chi connectivity index (χ1) is 10.7. The number of nitrogens with zero attached hydrogens (tertiary/aromatic N) is 3. The van der Waals surface area contributed by atoms with E-state index in [-0.39, 0.29) is 22.5 Å². The number of hydrogen-bond donors (Lipinski definition) is 0. The van der Waals surface area contributed by atoms with Crippen LogP contribution in [-0.2, 0) is 0 Å². The highest BCUT2D eigenvalue weighted by Crippen LogP contribution is 2.34. The monoisotopic (exact) mass is 295 g/mol. The van der Waals surface area contributed by atoms with Crippen LogP contribution in [0.4, 0.5) is 5.69 Å². The summed E-state index contributed by atoms with van der Waals surface area (Å²) in [6.45, 7) is 0. The normalized spacial score (nSPS) is 10.4. The fourth-order valence-electron chi connectivity index (χ4n) is 1.99. The van der Waals surface area contributed by atoms with Crippen LogP contribution in [0.25, 0.3) is 10.9 Å². The molecule has 0 unspecified atom stereocenters. The van der Waals surface area contributed by atoms with Gasteiger partial charge in [-0.2, -0.15) is 0 Å². The quantitative estimate of drug-likeness (QED) is 0.319. The minimum atomic E-state index is -0.727. The van der Waals surface area contributed by atoms with Gasteiger partial charge in [-0.25, -0.2) is 4.79 Å². The molecule has 22 heavy (non-hydrogen) atoms. The second-order valence-electron chi connectivity index (χ2n) is 4.38. The molecule has 2 heterocycles. The van der Waals surface area contributed by atoms with Gasteiger partial charge in [0.1, 0.15) is 5.52 Å². The Kier molecular flexibility index (Phi) is 3.45. The minimum absolute atomic E-state index is 0.169. The molecule has 7 heteroatoms. The molecule has 0 fully saturated rings. The Balaban J connectivity index is 2.10. The molecule has 0 saturated carbocycles. The number of nitro groups is 1. The van der Waals surface area contributed by atoms with Crippen LogP contribution in [0.3, 0.4) is 0 Å². The largest absolute Gasteiger partial charge is 0.413 e. The third kappa shape index (κ3) is 2.47. The average Bonchev–Trinajstić information content (AvgIpc) is 2.55. The zero-order chi connectivity index (χ0) is 15.5. The van der Waals surface area contributed by atoms with Crippen molar-refractivity contribution >= 4 is 22.6 Å². The first-order valence-corrected chi connectivity index (χ1v) is 6.31. The number of carbonyl (C=O) groups is 1. The number of aromatic nitrogens is 2. The molecule has 0 atom stereocenters. The second-order valence-corrected chi connectivity index (χ2v) is 4.38. The van der Waals surface area contributed by atoms with Crippen LogP contribution in [0.15, 0.2) is 55.0 Å². The molecular weight excluding hydrogens is 286 g/mol. The smallest absolute Gasteiger partial charge is 0.345 e. The lowest BCUT2D eigenvalue weighted by Gasteiger charge is -2.07. The lowest BCUT2D eigenvalue weighted by Crippen LogP contribution is -2.10. The second kappa shape index (κ2) is 5.57. The molecule has 1 aromatic carbocycles. The summed E-state index contributed by atoms with van der Waals surface area (Å²) in [5, 5.41) is 11.8. The number of carbonyl (C=O) groups excluding carboxylic acids is 1. The number of fused-ring (bicyclic) bond motifs is 1. The molecule has 0 amide bonds. The lowest BCUT2D eigenvalue weighted by atomic mass is 10.2. The van der Waals surface area contributed by atoms with Crippen molar-refractivity contribution in [3.05, 3.63) is 70.7 Å². The molecule has 0 N–H and O–H groups in total. The van der Waals surface area contributed by atoms with Crippen molar-refractivity contribution in [1.82, 2.24) is 9.97 Å². The summed E-state index contributed by atoms with van der Waals surface area (Å²) in [6.07, 6.45) is 4.32. The summed E-state index contributed by atoms with van der Waals surface area (Å²) >= 11 is 0. The molecule has 0 aliphatic rings. The molecule has 0 spiro atoms. The van der Waals surface area contributed by atoms with Crippen LogP contribution < -0.4 is 4.74 Å². The third-order valence-corrected chi connectivity index (χ3v) is 3.00. The van der Waals surface area contributed by atoms with E-state index < -0.39 is 10.9 Å². The highest BCUT2D eigenvalue weighted by molar-refractivity contribution is 5.96. The SMILES string of the molecule is O=C(Oc1c([N+](=O)[O-])ccc2cccnc12)c1cccnc1. The molecule has 7 nitrogen and oxygen atoms in total. The van der Waals surface area contributed by atoms with E-state index in [1.165, 1.54) is 30.7 Å². The fourth-order valence-corrected chi connectivity index (χ4v) is 1.99. The molecule has 0 radical (unpaired) electrons. The van der Waals surface area contributed by atoms with Crippen LogP contribution >= 0.6 is 0 Å². The standard InChI is InChI=1S/C15H9N3O4/c19-15(11-4-1-7-16-9-11)22-14-12(18(20)21)6-5-10-3-2-8-17-13(10)14/h1-9H. The third-order valence-electron chi connectivity index (χ3n) is 3.00. The van der Waals surface area contributed by atoms with E-state index in [1.807, 2.05) is 0 Å². The number of pyridine rings is 2. The van der Waals surface area contributed by atoms with Gasteiger partial charge in [-0.1, -0.05) is 6.07 Å². The fraction of sp³-hybridized carbons (Fsp3) is 0. The maximum absolute atomic E-state index is 12.1. The van der Waals surface area contributed by atoms with Crippen molar-refractivity contribution in [3.63, 3.8) is 0 Å². The highest BCUT2D eigenvalue weighted by atomic mass is 16.6. The van der Waals surface area contributed by atoms with Crippen LogP contribution in [-0.4, -0.2) is 20.9 Å². The molecular formula is C15H9N3O4. The van der Waals surface area contributed by atoms with Gasteiger partial charge in [-0.3, -0.25) is 20.1 Å². The predicted octanol–water partition coefficient (Wildman–Crippen LogP) is 2.76. The van der Waals surface area contributed by atoms with Crippen molar-refractivity contribution in [3.8, 4) is 5.75 Å². The van der Waals surface area contributed by atoms with E-state index in [4.69, 9.17) is 4.74 Å². The van der Waals surface area contributed by atoms with Crippen LogP contribution in [0, 0.1) is 10.1 Å². The van der Waals surface area contributed by atoms with E-state index in [0.29, 0.717) is 5.39 Å². The topological polar surface area (TPSA) is 95.2 Å². The lowest BCUT2D eigenvalue weighted by molar-refractivity contribution is -0.385. The molecule has 3 aromatic rings. The van der Waals surface area contributed by atoms with Crippen LogP contribution in [0.5, 0.6) is 5.75 Å². The van der Waals surface area contributed by atoms with Gasteiger partial charge in [-0.15, -0.1) is 0 Å². The van der Waals surface area contributed by atoms with E-state index in [9.17, 15) is 14.9 Å². The Labute approximate surface area is 124 Å². The molecule has 0 saturated heterocycles. The zero-order valence-corrected chi connectivity index (χ0v) is 11.2. The summed E-state index contributed by atoms with van der Waals surface area (Å²) in [6, 6.07) is 9.36. The summed E-state index contributed by atoms with van der Waals surface area (Å²) in [7, 11) is 0. The van der Waals surface area contributed by atoms with Crippen molar-refractivity contribution in [2.45, 2.75) is 0 Å². The van der Waals surface area contributed by atoms with Gasteiger partial charge in [0.2, 0.25) is 5.75 Å². The maximum atomic E-state index is 12.1. The van der Waals surface area contributed by atoms with Gasteiger partial charge >= 0.3 is 11.7 Å². The summed E-state index contributed by atoms with van der Waals surface area (Å²) in [5.74, 6) is -0.897. The zero-order valence-electron chi connectivity index (χ0n) is 11.2. The van der Waals surface area contributed by atoms with Crippen LogP contribution in [0.2, 0.25) is 0 Å². The molecule has 3 rings (SSSR count). The molecule has 0 bridgehead atoms. The molecule has 2 aromatic heterocycles. The van der Waals surface area contributed by atoms with Gasteiger partial charge in [0, 0.05) is 30.0 Å². The van der Waals surface area contributed by atoms with Gasteiger partial charge in [0.15, 0.2) is 0 Å². The van der Waals surface area contributed by atoms with Gasteiger partial charge in [0.25, 0.3) is 0 Å². The van der Waals surface area contributed by atoms with Crippen molar-refractivity contribution in [2.24, 2.45) is 0 Å². The van der Waals surface area contributed by atoms with E-state index in [0.717, 1.165) is 0 Å². The Bertz CT molecular complexity index is 865. The highest BCUT2D eigenvalue weighted by Gasteiger charge is 2.22. The first-order valence-electron chi connectivity index (χ1n) is 6.31. The Hall–Kier alpha value is -3.35. The van der Waals surface area contributed by atoms with Gasteiger partial charge in [-0.05, 0) is 24.3 Å². The van der Waals surface area contributed by atoms with Gasteiger partial charge in [0.05, 0.1) is 10.5 Å². The Morgan fingerprint density at radius 1 is 1.14 bits per heavy atom. The summed E-state index contributed by atoms with van der Waals surface area (Å²) in [5.41, 5.74) is 0.141. The number of esters is 1. The Morgan fingerprint density at radius 3 is 2.68 bits per heavy atom. The maximum Gasteiger partial charge on any atom is 0.345 e. The molecule has 0 aliphatic carbocycles. The average molecular weight is 295 g/mol. The van der Waals surface area contributed by atoms with E-state index >= 15 is 0 Å². The first kappa shape index (κ1) is 13.6. The summed E-state index contributed by atoms with van der Waals surface area (Å²) in [4.78, 5) is 30.6. The molecule has 0 aliphatic heterocycles. The molecule has 108 valence electrons. The Morgan fingerprint density at radius 2 is 1.95 bits per heavy atom. The minimum Gasteiger partial charge on any atom is -0.413 e. The number of rotatable bonds is 3. The number of ether oxygens (including phenoxy) is 1. The number of hydrogen-bond acceptors (Lipinski definition) is 6. The van der Waals surface area contributed by atoms with Crippen molar-refractivity contribution in [1.29, 1.82) is 0 Å². The number of nitro benzene ring substituents is 1. The summed E-state index contributed by atoms with van der Waals surface area (Å²) < 4.78 is 5.22.